The van der Waals surface area contributed by atoms with E-state index in [-0.39, 0.29) is 11.7 Å². The van der Waals surface area contributed by atoms with Crippen molar-refractivity contribution in [3.05, 3.63) is 58.2 Å². The van der Waals surface area contributed by atoms with Gasteiger partial charge in [0.15, 0.2) is 5.78 Å². The van der Waals surface area contributed by atoms with E-state index < -0.39 is 0 Å². The van der Waals surface area contributed by atoms with Crippen LogP contribution in [0, 0.1) is 20.8 Å². The summed E-state index contributed by atoms with van der Waals surface area (Å²) >= 11 is 0. The molecule has 3 heterocycles. The van der Waals surface area contributed by atoms with Gasteiger partial charge in [0.2, 0.25) is 11.7 Å². The van der Waals surface area contributed by atoms with Crippen molar-refractivity contribution in [1.29, 1.82) is 0 Å². The average molecular weight is 422 g/mol. The van der Waals surface area contributed by atoms with E-state index >= 15 is 0 Å². The first-order valence-corrected chi connectivity index (χ1v) is 10.5. The molecule has 4 rings (SSSR count). The van der Waals surface area contributed by atoms with Crippen molar-refractivity contribution < 1.29 is 14.1 Å². The number of nitrogens with one attached hydrogen (secondary N) is 1. The molecule has 0 unspecified atom stereocenters. The topological polar surface area (TPSA) is 95.3 Å². The second kappa shape index (κ2) is 8.47. The molecule has 0 bridgehead atoms. The second-order valence-electron chi connectivity index (χ2n) is 8.08. The average Bonchev–Trinajstić information content (AvgIpc) is 3.32. The number of piperazine rings is 1. The fraction of sp³-hybridized carbons (Fsp3) is 0.391. The van der Waals surface area contributed by atoms with Gasteiger partial charge in [-0.25, -0.2) is 0 Å². The fourth-order valence-corrected chi connectivity index (χ4v) is 4.20. The highest BCUT2D eigenvalue weighted by Crippen LogP contribution is 2.22. The first-order valence-electron chi connectivity index (χ1n) is 10.5. The summed E-state index contributed by atoms with van der Waals surface area (Å²) in [5.41, 5.74) is 4.66. The van der Waals surface area contributed by atoms with Gasteiger partial charge in [0.25, 0.3) is 5.91 Å². The summed E-state index contributed by atoms with van der Waals surface area (Å²) in [4.78, 5) is 36.5. The predicted molar refractivity (Wildman–Crippen MR) is 116 cm³/mol. The maximum absolute atomic E-state index is 13.0. The van der Waals surface area contributed by atoms with Gasteiger partial charge in [-0.05, 0) is 38.8 Å². The Morgan fingerprint density at radius 3 is 2.45 bits per heavy atom. The zero-order chi connectivity index (χ0) is 22.1. The molecule has 162 valence electrons. The second-order valence-corrected chi connectivity index (χ2v) is 8.08. The molecule has 1 aliphatic rings. The molecule has 8 heteroatoms. The lowest BCUT2D eigenvalue weighted by atomic mass is 10.1. The van der Waals surface area contributed by atoms with Crippen molar-refractivity contribution in [2.75, 3.05) is 26.2 Å². The van der Waals surface area contributed by atoms with Crippen LogP contribution in [0.4, 0.5) is 0 Å². The number of carbonyl (C=O) groups excluding carboxylic acids is 2. The standard InChI is InChI=1S/C23H27N5O3/c1-14-7-5-6-8-18(14)22-25-19(31-26-22)13-27-9-11-28(12-10-27)23(30)21-15(2)20(17(4)29)16(3)24-21/h5-8,24H,9-13H2,1-4H3. The molecule has 1 aliphatic heterocycles. The summed E-state index contributed by atoms with van der Waals surface area (Å²) < 4.78 is 5.45. The van der Waals surface area contributed by atoms with Gasteiger partial charge < -0.3 is 14.4 Å². The van der Waals surface area contributed by atoms with Crippen LogP contribution in [0.3, 0.4) is 0 Å². The number of aromatic nitrogens is 3. The first kappa shape index (κ1) is 21.0. The van der Waals surface area contributed by atoms with Crippen molar-refractivity contribution in [3.8, 4) is 11.4 Å². The zero-order valence-corrected chi connectivity index (χ0v) is 18.4. The summed E-state index contributed by atoms with van der Waals surface area (Å²) in [6, 6.07) is 7.95. The Labute approximate surface area is 181 Å². The molecule has 1 N–H and O–H groups in total. The number of nitrogens with zero attached hydrogens (tertiary/aromatic N) is 4. The van der Waals surface area contributed by atoms with Crippen molar-refractivity contribution in [1.82, 2.24) is 24.9 Å². The molecule has 1 fully saturated rings. The molecule has 1 amide bonds. The maximum atomic E-state index is 13.0. The Kier molecular flexibility index (Phi) is 5.73. The van der Waals surface area contributed by atoms with E-state index in [0.29, 0.717) is 55.7 Å². The summed E-state index contributed by atoms with van der Waals surface area (Å²) in [6.45, 7) is 10.4. The molecule has 1 saturated heterocycles. The van der Waals surface area contributed by atoms with Crippen LogP contribution in [0.15, 0.2) is 28.8 Å². The monoisotopic (exact) mass is 421 g/mol. The van der Waals surface area contributed by atoms with Crippen molar-refractivity contribution in [2.24, 2.45) is 0 Å². The molecule has 0 radical (unpaired) electrons. The molecule has 0 atom stereocenters. The summed E-state index contributed by atoms with van der Waals surface area (Å²) in [5.74, 6) is 1.08. The molecule has 8 nitrogen and oxygen atoms in total. The minimum Gasteiger partial charge on any atom is -0.354 e. The van der Waals surface area contributed by atoms with E-state index in [1.165, 1.54) is 6.92 Å². The predicted octanol–water partition coefficient (Wildman–Crippen LogP) is 3.15. The van der Waals surface area contributed by atoms with Gasteiger partial charge in [-0.2, -0.15) is 4.98 Å². The van der Waals surface area contributed by atoms with Crippen LogP contribution in [0.5, 0.6) is 0 Å². The molecular formula is C23H27N5O3. The van der Waals surface area contributed by atoms with Crippen LogP contribution in [0.2, 0.25) is 0 Å². The number of hydrogen-bond donors (Lipinski definition) is 1. The van der Waals surface area contributed by atoms with Crippen molar-refractivity contribution in [3.63, 3.8) is 0 Å². The van der Waals surface area contributed by atoms with Gasteiger partial charge in [-0.3, -0.25) is 14.5 Å². The highest BCUT2D eigenvalue weighted by atomic mass is 16.5. The summed E-state index contributed by atoms with van der Waals surface area (Å²) in [6.07, 6.45) is 0. The molecule has 0 saturated carbocycles. The number of amides is 1. The van der Waals surface area contributed by atoms with Gasteiger partial charge in [0, 0.05) is 43.0 Å². The lowest BCUT2D eigenvalue weighted by Gasteiger charge is -2.33. The lowest BCUT2D eigenvalue weighted by molar-refractivity contribution is 0.0609. The van der Waals surface area contributed by atoms with Crippen molar-refractivity contribution in [2.45, 2.75) is 34.2 Å². The first-order chi connectivity index (χ1) is 14.8. The van der Waals surface area contributed by atoms with Gasteiger partial charge in [-0.15, -0.1) is 0 Å². The number of H-pyrrole nitrogens is 1. The molecule has 2 aromatic heterocycles. The van der Waals surface area contributed by atoms with Crippen LogP contribution in [-0.2, 0) is 6.54 Å². The van der Waals surface area contributed by atoms with E-state index in [1.54, 1.807) is 0 Å². The largest absolute Gasteiger partial charge is 0.354 e. The van der Waals surface area contributed by atoms with Crippen LogP contribution in [0.1, 0.15) is 50.5 Å². The Morgan fingerprint density at radius 2 is 1.81 bits per heavy atom. The Balaban J connectivity index is 1.38. The van der Waals surface area contributed by atoms with E-state index in [2.05, 4.69) is 20.0 Å². The molecule has 0 spiro atoms. The number of aryl methyl sites for hydroxylation is 2. The number of Topliss-reactive ketones (excluding diaryl/α,β-unsaturated/α-hetero) is 1. The van der Waals surface area contributed by atoms with E-state index in [0.717, 1.165) is 22.4 Å². The van der Waals surface area contributed by atoms with Gasteiger partial charge >= 0.3 is 0 Å². The van der Waals surface area contributed by atoms with Crippen LogP contribution in [0.25, 0.3) is 11.4 Å². The number of hydrogen-bond acceptors (Lipinski definition) is 6. The highest BCUT2D eigenvalue weighted by molar-refractivity contribution is 6.02. The third kappa shape index (κ3) is 4.16. The number of carbonyl (C=O) groups is 2. The lowest BCUT2D eigenvalue weighted by Crippen LogP contribution is -2.48. The minimum atomic E-state index is -0.0626. The van der Waals surface area contributed by atoms with Crippen LogP contribution < -0.4 is 0 Å². The van der Waals surface area contributed by atoms with E-state index in [4.69, 9.17) is 4.52 Å². The molecule has 0 aliphatic carbocycles. The Morgan fingerprint density at radius 1 is 1.10 bits per heavy atom. The van der Waals surface area contributed by atoms with Crippen LogP contribution >= 0.6 is 0 Å². The molecule has 3 aromatic rings. The fourth-order valence-electron chi connectivity index (χ4n) is 4.20. The minimum absolute atomic E-state index is 0.0280. The number of aromatic amines is 1. The van der Waals surface area contributed by atoms with Crippen LogP contribution in [-0.4, -0.2) is 62.8 Å². The summed E-state index contributed by atoms with van der Waals surface area (Å²) in [5, 5.41) is 4.12. The van der Waals surface area contributed by atoms with Crippen molar-refractivity contribution >= 4 is 11.7 Å². The molecule has 31 heavy (non-hydrogen) atoms. The van der Waals surface area contributed by atoms with Gasteiger partial charge in [-0.1, -0.05) is 29.4 Å². The number of ketones is 1. The summed E-state index contributed by atoms with van der Waals surface area (Å²) in [7, 11) is 0. The third-order valence-electron chi connectivity index (χ3n) is 5.88. The highest BCUT2D eigenvalue weighted by Gasteiger charge is 2.27. The third-order valence-corrected chi connectivity index (χ3v) is 5.88. The molecule has 1 aromatic carbocycles. The molecular weight excluding hydrogens is 394 g/mol. The van der Waals surface area contributed by atoms with E-state index in [9.17, 15) is 9.59 Å². The SMILES string of the molecule is CC(=O)c1c(C)[nH]c(C(=O)N2CCN(Cc3nc(-c4ccccc4C)no3)CC2)c1C. The number of rotatable bonds is 5. The quantitative estimate of drug-likeness (QED) is 0.636. The maximum Gasteiger partial charge on any atom is 0.270 e. The van der Waals surface area contributed by atoms with E-state index in [1.807, 2.05) is 49.9 Å². The zero-order valence-electron chi connectivity index (χ0n) is 18.4. The van der Waals surface area contributed by atoms with Gasteiger partial charge in [0.05, 0.1) is 6.54 Å². The normalized spacial score (nSPS) is 14.8. The smallest absolute Gasteiger partial charge is 0.270 e. The van der Waals surface area contributed by atoms with Gasteiger partial charge in [0.1, 0.15) is 5.69 Å². The number of benzene rings is 1. The Bertz CT molecular complexity index is 1120. The Hall–Kier alpha value is -3.26.